The fraction of sp³-hybridized carbons (Fsp3) is 0.316. The SMILES string of the molecule is Cc1ccc(S(=O)(=O)N2CCN(C(=O)c3cccc(N)c3)CC2)cc1C. The van der Waals surface area contributed by atoms with Crippen LogP contribution in [0.2, 0.25) is 0 Å². The predicted octanol–water partition coefficient (Wildman–Crippen LogP) is 2.03. The van der Waals surface area contributed by atoms with E-state index in [4.69, 9.17) is 5.73 Å². The number of nitrogen functional groups attached to an aromatic ring is 1. The van der Waals surface area contributed by atoms with Crippen molar-refractivity contribution in [1.82, 2.24) is 9.21 Å². The summed E-state index contributed by atoms with van der Waals surface area (Å²) < 4.78 is 27.1. The smallest absolute Gasteiger partial charge is 0.254 e. The number of hydrogen-bond acceptors (Lipinski definition) is 4. The molecular weight excluding hydrogens is 350 g/mol. The summed E-state index contributed by atoms with van der Waals surface area (Å²) in [7, 11) is -3.55. The molecule has 2 N–H and O–H groups in total. The van der Waals surface area contributed by atoms with Gasteiger partial charge in [-0.3, -0.25) is 4.79 Å². The molecule has 138 valence electrons. The average Bonchev–Trinajstić information content (AvgIpc) is 2.63. The van der Waals surface area contributed by atoms with E-state index in [0.717, 1.165) is 11.1 Å². The number of aryl methyl sites for hydroxylation is 2. The molecule has 26 heavy (non-hydrogen) atoms. The second-order valence-electron chi connectivity index (χ2n) is 6.57. The Morgan fingerprint density at radius 3 is 2.27 bits per heavy atom. The molecule has 0 saturated carbocycles. The van der Waals surface area contributed by atoms with Crippen molar-refractivity contribution in [1.29, 1.82) is 0 Å². The van der Waals surface area contributed by atoms with E-state index in [0.29, 0.717) is 29.2 Å². The maximum absolute atomic E-state index is 12.8. The number of rotatable bonds is 3. The van der Waals surface area contributed by atoms with E-state index in [1.54, 1.807) is 41.3 Å². The molecule has 0 radical (unpaired) electrons. The van der Waals surface area contributed by atoms with Crippen molar-refractivity contribution in [2.75, 3.05) is 31.9 Å². The Labute approximate surface area is 154 Å². The Morgan fingerprint density at radius 1 is 0.962 bits per heavy atom. The van der Waals surface area contributed by atoms with Crippen LogP contribution in [0.3, 0.4) is 0 Å². The van der Waals surface area contributed by atoms with Gasteiger partial charge in [-0.1, -0.05) is 12.1 Å². The summed E-state index contributed by atoms with van der Waals surface area (Å²) in [6, 6.07) is 12.0. The van der Waals surface area contributed by atoms with E-state index >= 15 is 0 Å². The summed E-state index contributed by atoms with van der Waals surface area (Å²) >= 11 is 0. The van der Waals surface area contributed by atoms with Gasteiger partial charge in [-0.05, 0) is 55.3 Å². The zero-order valence-corrected chi connectivity index (χ0v) is 15.8. The molecular formula is C19H23N3O3S. The molecule has 3 rings (SSSR count). The Bertz CT molecular complexity index is 933. The second kappa shape index (κ2) is 7.09. The Balaban J connectivity index is 1.71. The summed E-state index contributed by atoms with van der Waals surface area (Å²) in [5, 5.41) is 0. The molecule has 1 heterocycles. The molecule has 0 aromatic heterocycles. The van der Waals surface area contributed by atoms with Crippen molar-refractivity contribution in [3.8, 4) is 0 Å². The lowest BCUT2D eigenvalue weighted by molar-refractivity contribution is 0.0698. The third-order valence-corrected chi connectivity index (χ3v) is 6.67. The lowest BCUT2D eigenvalue weighted by Crippen LogP contribution is -2.50. The molecule has 0 unspecified atom stereocenters. The molecule has 2 aromatic rings. The molecule has 1 amide bonds. The third kappa shape index (κ3) is 3.59. The predicted molar refractivity (Wildman–Crippen MR) is 101 cm³/mol. The molecule has 1 aliphatic heterocycles. The molecule has 1 saturated heterocycles. The summed E-state index contributed by atoms with van der Waals surface area (Å²) in [6.07, 6.45) is 0. The van der Waals surface area contributed by atoms with Gasteiger partial charge in [0, 0.05) is 37.4 Å². The van der Waals surface area contributed by atoms with Crippen molar-refractivity contribution < 1.29 is 13.2 Å². The molecule has 0 atom stereocenters. The van der Waals surface area contributed by atoms with Gasteiger partial charge in [0.05, 0.1) is 4.90 Å². The average molecular weight is 373 g/mol. The van der Waals surface area contributed by atoms with Gasteiger partial charge in [0.1, 0.15) is 0 Å². The van der Waals surface area contributed by atoms with Crippen molar-refractivity contribution >= 4 is 21.6 Å². The Hall–Kier alpha value is -2.38. The minimum atomic E-state index is -3.55. The van der Waals surface area contributed by atoms with Gasteiger partial charge in [0.15, 0.2) is 0 Å². The van der Waals surface area contributed by atoms with E-state index in [2.05, 4.69) is 0 Å². The van der Waals surface area contributed by atoms with Crippen LogP contribution >= 0.6 is 0 Å². The zero-order chi connectivity index (χ0) is 18.9. The zero-order valence-electron chi connectivity index (χ0n) is 15.0. The highest BCUT2D eigenvalue weighted by Crippen LogP contribution is 2.21. The molecule has 0 aliphatic carbocycles. The summed E-state index contributed by atoms with van der Waals surface area (Å²) in [4.78, 5) is 14.5. The van der Waals surface area contributed by atoms with Crippen LogP contribution in [-0.4, -0.2) is 49.7 Å². The van der Waals surface area contributed by atoms with Gasteiger partial charge in [0.25, 0.3) is 5.91 Å². The minimum absolute atomic E-state index is 0.125. The molecule has 7 heteroatoms. The van der Waals surface area contributed by atoms with E-state index in [9.17, 15) is 13.2 Å². The molecule has 2 aromatic carbocycles. The topological polar surface area (TPSA) is 83.7 Å². The first-order chi connectivity index (χ1) is 12.3. The van der Waals surface area contributed by atoms with Gasteiger partial charge in [-0.15, -0.1) is 0 Å². The van der Waals surface area contributed by atoms with Crippen LogP contribution in [0.4, 0.5) is 5.69 Å². The third-order valence-electron chi connectivity index (χ3n) is 4.78. The first-order valence-electron chi connectivity index (χ1n) is 8.51. The molecule has 0 bridgehead atoms. The number of benzene rings is 2. The van der Waals surface area contributed by atoms with Crippen molar-refractivity contribution in [3.05, 3.63) is 59.2 Å². The normalized spacial score (nSPS) is 15.8. The van der Waals surface area contributed by atoms with Crippen LogP contribution in [0.15, 0.2) is 47.4 Å². The first-order valence-corrected chi connectivity index (χ1v) is 9.95. The van der Waals surface area contributed by atoms with Crippen molar-refractivity contribution in [3.63, 3.8) is 0 Å². The van der Waals surface area contributed by atoms with E-state index in [1.165, 1.54) is 4.31 Å². The van der Waals surface area contributed by atoms with Gasteiger partial charge in [-0.25, -0.2) is 8.42 Å². The molecule has 6 nitrogen and oxygen atoms in total. The minimum Gasteiger partial charge on any atom is -0.399 e. The number of amides is 1. The van der Waals surface area contributed by atoms with Crippen molar-refractivity contribution in [2.24, 2.45) is 0 Å². The highest BCUT2D eigenvalue weighted by atomic mass is 32.2. The van der Waals surface area contributed by atoms with Gasteiger partial charge < -0.3 is 10.6 Å². The number of anilines is 1. The van der Waals surface area contributed by atoms with Crippen LogP contribution in [0.1, 0.15) is 21.5 Å². The number of nitrogens with zero attached hydrogens (tertiary/aromatic N) is 2. The van der Waals surface area contributed by atoms with Crippen LogP contribution in [0, 0.1) is 13.8 Å². The maximum Gasteiger partial charge on any atom is 0.254 e. The van der Waals surface area contributed by atoms with E-state index < -0.39 is 10.0 Å². The molecule has 0 spiro atoms. The second-order valence-corrected chi connectivity index (χ2v) is 8.51. The van der Waals surface area contributed by atoms with Crippen molar-refractivity contribution in [2.45, 2.75) is 18.7 Å². The lowest BCUT2D eigenvalue weighted by Gasteiger charge is -2.34. The number of carbonyl (C=O) groups is 1. The summed E-state index contributed by atoms with van der Waals surface area (Å²) in [5.41, 5.74) is 8.79. The van der Waals surface area contributed by atoms with Crippen LogP contribution in [0.5, 0.6) is 0 Å². The Kier molecular flexibility index (Phi) is 5.02. The monoisotopic (exact) mass is 373 g/mol. The summed E-state index contributed by atoms with van der Waals surface area (Å²) in [6.45, 7) is 5.13. The molecule has 1 aliphatic rings. The number of sulfonamides is 1. The van der Waals surface area contributed by atoms with Gasteiger partial charge >= 0.3 is 0 Å². The highest BCUT2D eigenvalue weighted by Gasteiger charge is 2.30. The number of piperazine rings is 1. The van der Waals surface area contributed by atoms with Gasteiger partial charge in [-0.2, -0.15) is 4.31 Å². The summed E-state index contributed by atoms with van der Waals surface area (Å²) in [5.74, 6) is -0.125. The van der Waals surface area contributed by atoms with E-state index in [1.807, 2.05) is 19.9 Å². The molecule has 1 fully saturated rings. The first kappa shape index (κ1) is 18.4. The number of carbonyl (C=O) groups excluding carboxylic acids is 1. The standard InChI is InChI=1S/C19H23N3O3S/c1-14-6-7-18(12-15(14)2)26(24,25)22-10-8-21(9-11-22)19(23)16-4-3-5-17(20)13-16/h3-7,12-13H,8-11,20H2,1-2H3. The van der Waals surface area contributed by atoms with Crippen LogP contribution in [-0.2, 0) is 10.0 Å². The number of nitrogens with two attached hydrogens (primary N) is 1. The lowest BCUT2D eigenvalue weighted by atomic mass is 10.1. The highest BCUT2D eigenvalue weighted by molar-refractivity contribution is 7.89. The van der Waals surface area contributed by atoms with Crippen LogP contribution < -0.4 is 5.73 Å². The fourth-order valence-electron chi connectivity index (χ4n) is 3.01. The van der Waals surface area contributed by atoms with Gasteiger partial charge in [0.2, 0.25) is 10.0 Å². The van der Waals surface area contributed by atoms with E-state index in [-0.39, 0.29) is 19.0 Å². The maximum atomic E-state index is 12.8. The number of hydrogen-bond donors (Lipinski definition) is 1. The Morgan fingerprint density at radius 2 is 1.65 bits per heavy atom. The quantitative estimate of drug-likeness (QED) is 0.835. The van der Waals surface area contributed by atoms with Crippen LogP contribution in [0.25, 0.3) is 0 Å². The fourth-order valence-corrected chi connectivity index (χ4v) is 4.52. The largest absolute Gasteiger partial charge is 0.399 e.